The summed E-state index contributed by atoms with van der Waals surface area (Å²) in [6.07, 6.45) is -0.662. The second-order valence-corrected chi connectivity index (χ2v) is 4.46. The number of thiophene rings is 1. The van der Waals surface area contributed by atoms with Crippen molar-refractivity contribution in [2.75, 3.05) is 5.75 Å². The lowest BCUT2D eigenvalue weighted by molar-refractivity contribution is 0.201. The van der Waals surface area contributed by atoms with Gasteiger partial charge < -0.3 is 15.5 Å². The van der Waals surface area contributed by atoms with E-state index in [1.54, 1.807) is 11.4 Å². The second kappa shape index (κ2) is 2.69. The van der Waals surface area contributed by atoms with Gasteiger partial charge in [0.15, 0.2) is 0 Å². The normalized spacial score (nSPS) is 26.8. The Morgan fingerprint density at radius 1 is 1.58 bits per heavy atom. The van der Waals surface area contributed by atoms with Crippen LogP contribution in [0.4, 0.5) is 5.00 Å². The molecule has 2 heterocycles. The quantitative estimate of drug-likeness (QED) is 0.397. The Labute approximate surface area is 77.3 Å². The number of rotatable bonds is 0. The first kappa shape index (κ1) is 8.49. The van der Waals surface area contributed by atoms with Crippen LogP contribution in [0.2, 0.25) is 0 Å². The smallest absolute Gasteiger partial charge is 0.205 e. The summed E-state index contributed by atoms with van der Waals surface area (Å²) in [4.78, 5) is 0. The van der Waals surface area contributed by atoms with Crippen LogP contribution < -0.4 is 4.21 Å². The van der Waals surface area contributed by atoms with Gasteiger partial charge in [-0.15, -0.1) is 0 Å². The maximum atomic E-state index is 11.2. The molecule has 6 heteroatoms. The number of aliphatic hydroxyl groups excluding tert-OH is 1. The molecule has 4 nitrogen and oxygen atoms in total. The summed E-state index contributed by atoms with van der Waals surface area (Å²) >= 11 is 1.77. The van der Waals surface area contributed by atoms with Crippen molar-refractivity contribution < 1.29 is 5.11 Å². The van der Waals surface area contributed by atoms with Crippen molar-refractivity contribution in [3.63, 3.8) is 0 Å². The van der Waals surface area contributed by atoms with Gasteiger partial charge in [0.25, 0.3) is 0 Å². The Bertz CT molecular complexity index is 299. The van der Waals surface area contributed by atoms with E-state index in [1.807, 2.05) is 0 Å². The highest BCUT2D eigenvalue weighted by Crippen LogP contribution is 2.46. The predicted molar refractivity (Wildman–Crippen MR) is 50.3 cm³/mol. The topological polar surface area (TPSA) is 66.3 Å². The molecule has 0 aromatic carbocycles. The molecule has 0 radical (unpaired) electrons. The summed E-state index contributed by atoms with van der Waals surface area (Å²) in [5, 5.41) is 33.6. The molecule has 1 atom stereocenters. The molecule has 12 heavy (non-hydrogen) atoms. The molecule has 2 rings (SSSR count). The van der Waals surface area contributed by atoms with Gasteiger partial charge in [0.1, 0.15) is 6.10 Å². The van der Waals surface area contributed by atoms with E-state index in [-0.39, 0.29) is 10.8 Å². The lowest BCUT2D eigenvalue weighted by atomic mass is 10.2. The zero-order valence-electron chi connectivity index (χ0n) is 5.97. The molecule has 0 amide bonds. The first-order valence-electron chi connectivity index (χ1n) is 3.33. The summed E-state index contributed by atoms with van der Waals surface area (Å²) < 4.78 is -1.66. The number of hydrogen-bond donors (Lipinski definition) is 1. The predicted octanol–water partition coefficient (Wildman–Crippen LogP) is 1.75. The van der Waals surface area contributed by atoms with Crippen molar-refractivity contribution in [2.24, 2.45) is 0 Å². The first-order valence-corrected chi connectivity index (χ1v) is 5.15. The molecule has 0 spiro atoms. The highest BCUT2D eigenvalue weighted by atomic mass is 32.2. The molecule has 0 bridgehead atoms. The minimum atomic E-state index is -1.66. The summed E-state index contributed by atoms with van der Waals surface area (Å²) in [5.41, 5.74) is 0.490. The van der Waals surface area contributed by atoms with E-state index in [1.165, 1.54) is 0 Å². The van der Waals surface area contributed by atoms with Crippen LogP contribution in [0.15, 0.2) is 11.4 Å². The van der Waals surface area contributed by atoms with Crippen molar-refractivity contribution in [3.05, 3.63) is 27.4 Å². The van der Waals surface area contributed by atoms with E-state index >= 15 is 0 Å². The monoisotopic (exact) mass is 204 g/mol. The number of fused-ring (bicyclic) bond motifs is 1. The van der Waals surface area contributed by atoms with Crippen LogP contribution in [0.5, 0.6) is 0 Å². The third-order valence-corrected chi connectivity index (χ3v) is 3.76. The van der Waals surface area contributed by atoms with Crippen molar-refractivity contribution in [2.45, 2.75) is 6.10 Å². The average molecular weight is 204 g/mol. The summed E-state index contributed by atoms with van der Waals surface area (Å²) in [7, 11) is 0. The number of hydrogen-bond acceptors (Lipinski definition) is 5. The second-order valence-electron chi connectivity index (χ2n) is 2.49. The first-order chi connectivity index (χ1) is 5.61. The Morgan fingerprint density at radius 2 is 2.33 bits per heavy atom. The standard InChI is InChI=1S/C6H6NO3S2/c8-5-3-12-7(9,10)6-4(5)1-2-11-6/h1-2,5,8H,3H2/q-1/t5-/m1/s1. The molecular formula is C6H6NO3S2-. The maximum Gasteiger partial charge on any atom is 0.205 e. The summed E-state index contributed by atoms with van der Waals surface area (Å²) in [5.74, 6) is 0.177. The van der Waals surface area contributed by atoms with Gasteiger partial charge in [-0.05, 0) is 11.4 Å². The average Bonchev–Trinajstić information content (AvgIpc) is 2.46. The van der Waals surface area contributed by atoms with Crippen LogP contribution in [-0.4, -0.2) is 10.9 Å². The molecule has 1 aliphatic heterocycles. The fourth-order valence-corrected chi connectivity index (χ4v) is 2.94. The lowest BCUT2D eigenvalue weighted by Gasteiger charge is -2.45. The fraction of sp³-hybridized carbons (Fsp3) is 0.333. The van der Waals surface area contributed by atoms with E-state index in [2.05, 4.69) is 0 Å². The van der Waals surface area contributed by atoms with Gasteiger partial charge in [0.05, 0.1) is 23.3 Å². The third kappa shape index (κ3) is 1.17. The number of quaternary nitrogens is 1. The van der Waals surface area contributed by atoms with Crippen LogP contribution in [-0.2, 0) is 0 Å². The minimum absolute atomic E-state index is 0.166. The van der Waals surface area contributed by atoms with Gasteiger partial charge in [-0.2, -0.15) is 0 Å². The van der Waals surface area contributed by atoms with E-state index in [4.69, 9.17) is 0 Å². The molecule has 0 aliphatic carbocycles. The minimum Gasteiger partial charge on any atom is -0.613 e. The highest BCUT2D eigenvalue weighted by molar-refractivity contribution is 7.99. The van der Waals surface area contributed by atoms with Gasteiger partial charge >= 0.3 is 0 Å². The van der Waals surface area contributed by atoms with Crippen molar-refractivity contribution >= 4 is 28.3 Å². The Balaban J connectivity index is 2.50. The summed E-state index contributed by atoms with van der Waals surface area (Å²) in [6, 6.07) is 1.63. The molecule has 1 aliphatic rings. The highest BCUT2D eigenvalue weighted by Gasteiger charge is 2.30. The Hall–Kier alpha value is -0.110. The molecule has 1 aromatic rings. The molecule has 0 saturated carbocycles. The molecule has 0 saturated heterocycles. The largest absolute Gasteiger partial charge is 0.613 e. The van der Waals surface area contributed by atoms with Crippen molar-refractivity contribution in [1.29, 1.82) is 0 Å². The molecule has 1 N–H and O–H groups in total. The number of aliphatic hydroxyl groups is 1. The molecular weight excluding hydrogens is 198 g/mol. The van der Waals surface area contributed by atoms with E-state index in [0.717, 1.165) is 11.3 Å². The zero-order valence-corrected chi connectivity index (χ0v) is 7.60. The molecule has 66 valence electrons. The third-order valence-electron chi connectivity index (χ3n) is 1.68. The molecule has 1 aromatic heterocycles. The van der Waals surface area contributed by atoms with Crippen LogP contribution in [0.3, 0.4) is 0 Å². The lowest BCUT2D eigenvalue weighted by Crippen LogP contribution is -2.32. The van der Waals surface area contributed by atoms with Gasteiger partial charge in [-0.3, -0.25) is 4.21 Å². The SMILES string of the molecule is [O-][N+]1([O-])SC[C@@H](O)c2ccsc21. The maximum absolute atomic E-state index is 11.2. The Kier molecular flexibility index (Phi) is 1.90. The van der Waals surface area contributed by atoms with Crippen molar-refractivity contribution in [3.8, 4) is 0 Å². The van der Waals surface area contributed by atoms with Crippen LogP contribution in [0, 0.1) is 10.4 Å². The van der Waals surface area contributed by atoms with E-state index in [0.29, 0.717) is 17.5 Å². The fourth-order valence-electron chi connectivity index (χ4n) is 1.10. The van der Waals surface area contributed by atoms with Crippen LogP contribution >= 0.6 is 23.3 Å². The van der Waals surface area contributed by atoms with Gasteiger partial charge in [0, 0.05) is 0 Å². The Morgan fingerprint density at radius 3 is 3.00 bits per heavy atom. The van der Waals surface area contributed by atoms with Crippen LogP contribution in [0.25, 0.3) is 0 Å². The van der Waals surface area contributed by atoms with Crippen molar-refractivity contribution in [1.82, 2.24) is 4.21 Å². The van der Waals surface area contributed by atoms with E-state index < -0.39 is 10.3 Å². The molecule has 0 unspecified atom stereocenters. The molecule has 0 fully saturated rings. The van der Waals surface area contributed by atoms with Crippen LogP contribution in [0.1, 0.15) is 11.7 Å². The number of nitrogens with zero attached hydrogens (tertiary/aromatic N) is 1. The zero-order chi connectivity index (χ0) is 8.77. The summed E-state index contributed by atoms with van der Waals surface area (Å²) in [6.45, 7) is 0. The van der Waals surface area contributed by atoms with E-state index in [9.17, 15) is 15.5 Å². The van der Waals surface area contributed by atoms with Gasteiger partial charge in [0.2, 0.25) is 5.00 Å². The van der Waals surface area contributed by atoms with Gasteiger partial charge in [-0.1, -0.05) is 11.3 Å². The van der Waals surface area contributed by atoms with Gasteiger partial charge in [-0.25, -0.2) is 0 Å².